The maximum Gasteiger partial charge on any atom is 0.243 e. The van der Waals surface area contributed by atoms with Crippen LogP contribution in [0.5, 0.6) is 0 Å². The van der Waals surface area contributed by atoms with E-state index >= 15 is 0 Å². The number of likely N-dealkylation sites (N-methyl/N-ethyl adjacent to an activating group) is 1. The van der Waals surface area contributed by atoms with Crippen LogP contribution in [0.4, 0.5) is 5.82 Å². The summed E-state index contributed by atoms with van der Waals surface area (Å²) in [6.45, 7) is 2.85. The highest BCUT2D eigenvalue weighted by molar-refractivity contribution is 7.89. The quantitative estimate of drug-likeness (QED) is 0.760. The van der Waals surface area contributed by atoms with Gasteiger partial charge >= 0.3 is 0 Å². The van der Waals surface area contributed by atoms with E-state index in [0.29, 0.717) is 18.0 Å². The van der Waals surface area contributed by atoms with Gasteiger partial charge < -0.3 is 9.88 Å². The number of rotatable bonds is 4. The largest absolute Gasteiger partial charge is 0.355 e. The number of hydrogen-bond acceptors (Lipinski definition) is 5. The van der Waals surface area contributed by atoms with Gasteiger partial charge in [0.15, 0.2) is 0 Å². The molecule has 0 bridgehead atoms. The van der Waals surface area contributed by atoms with Gasteiger partial charge in [-0.15, -0.1) is 0 Å². The molecule has 1 aromatic carbocycles. The summed E-state index contributed by atoms with van der Waals surface area (Å²) >= 11 is 0. The first kappa shape index (κ1) is 17.0. The Morgan fingerprint density at radius 2 is 2.12 bits per heavy atom. The van der Waals surface area contributed by atoms with E-state index in [1.54, 1.807) is 22.5 Å². The Balaban J connectivity index is 1.58. The lowest BCUT2D eigenvalue weighted by Crippen LogP contribution is -2.37. The van der Waals surface area contributed by atoms with Crippen molar-refractivity contribution in [1.29, 1.82) is 0 Å². The van der Waals surface area contributed by atoms with Gasteiger partial charge in [-0.05, 0) is 37.1 Å². The number of hydrogen-bond donors (Lipinski definition) is 1. The smallest absolute Gasteiger partial charge is 0.243 e. The summed E-state index contributed by atoms with van der Waals surface area (Å²) in [6.07, 6.45) is 4.12. The van der Waals surface area contributed by atoms with Crippen molar-refractivity contribution >= 4 is 26.9 Å². The van der Waals surface area contributed by atoms with Crippen LogP contribution in [0.15, 0.2) is 47.8 Å². The molecule has 1 fully saturated rings. The molecule has 0 unspecified atom stereocenters. The molecular weight excluding hydrogens is 350 g/mol. The second kappa shape index (κ2) is 6.37. The molecule has 0 radical (unpaired) electrons. The number of aromatic amines is 1. The number of H-pyrrole nitrogens is 1. The first-order valence-electron chi connectivity index (χ1n) is 8.54. The monoisotopic (exact) mass is 371 g/mol. The van der Waals surface area contributed by atoms with Gasteiger partial charge in [0.2, 0.25) is 10.0 Å². The fourth-order valence-electron chi connectivity index (χ4n) is 3.48. The van der Waals surface area contributed by atoms with Gasteiger partial charge in [-0.2, -0.15) is 4.31 Å². The highest BCUT2D eigenvalue weighted by atomic mass is 32.2. The minimum atomic E-state index is -3.47. The molecule has 2 aromatic heterocycles. The van der Waals surface area contributed by atoms with Crippen molar-refractivity contribution in [2.24, 2.45) is 0 Å². The van der Waals surface area contributed by atoms with Crippen molar-refractivity contribution in [3.8, 4) is 0 Å². The summed E-state index contributed by atoms with van der Waals surface area (Å²) < 4.78 is 27.4. The fraction of sp³-hybridized carbons (Fsp3) is 0.333. The van der Waals surface area contributed by atoms with Crippen molar-refractivity contribution in [1.82, 2.24) is 19.3 Å². The lowest BCUT2D eigenvalue weighted by atomic mass is 10.2. The number of nitrogens with zero attached hydrogens (tertiary/aromatic N) is 4. The molecule has 0 amide bonds. The molecule has 1 atom stereocenters. The van der Waals surface area contributed by atoms with E-state index in [1.165, 1.54) is 6.33 Å². The van der Waals surface area contributed by atoms with E-state index in [9.17, 15) is 8.42 Å². The Bertz CT molecular complexity index is 1050. The summed E-state index contributed by atoms with van der Waals surface area (Å²) in [5.41, 5.74) is 1.72. The average Bonchev–Trinajstić information content (AvgIpc) is 3.30. The molecule has 1 saturated heterocycles. The van der Waals surface area contributed by atoms with Crippen molar-refractivity contribution < 1.29 is 8.42 Å². The third kappa shape index (κ3) is 2.85. The van der Waals surface area contributed by atoms with Crippen LogP contribution in [0.3, 0.4) is 0 Å². The number of nitrogens with one attached hydrogen (secondary N) is 1. The number of benzene rings is 1. The first-order chi connectivity index (χ1) is 12.5. The lowest BCUT2D eigenvalue weighted by molar-refractivity contribution is 0.470. The summed E-state index contributed by atoms with van der Waals surface area (Å²) in [5.74, 6) is 0.816. The predicted octanol–water partition coefficient (Wildman–Crippen LogP) is 2.17. The molecule has 26 heavy (non-hydrogen) atoms. The van der Waals surface area contributed by atoms with Crippen LogP contribution in [-0.2, 0) is 10.0 Å². The van der Waals surface area contributed by atoms with E-state index in [0.717, 1.165) is 28.8 Å². The third-order valence-corrected chi connectivity index (χ3v) is 6.83. The van der Waals surface area contributed by atoms with Crippen LogP contribution in [0, 0.1) is 6.92 Å². The Morgan fingerprint density at radius 3 is 2.92 bits per heavy atom. The van der Waals surface area contributed by atoms with E-state index < -0.39 is 10.0 Å². The molecular formula is C18H21N5O2S. The minimum Gasteiger partial charge on any atom is -0.355 e. The average molecular weight is 371 g/mol. The Kier molecular flexibility index (Phi) is 4.16. The number of fused-ring (bicyclic) bond motifs is 1. The van der Waals surface area contributed by atoms with Crippen LogP contribution in [0.1, 0.15) is 12.0 Å². The van der Waals surface area contributed by atoms with Crippen molar-refractivity contribution in [3.05, 3.63) is 48.4 Å². The lowest BCUT2D eigenvalue weighted by Gasteiger charge is -2.26. The normalized spacial score (nSPS) is 18.5. The zero-order chi connectivity index (χ0) is 18.3. The second-order valence-electron chi connectivity index (χ2n) is 6.67. The highest BCUT2D eigenvalue weighted by Gasteiger charge is 2.35. The Morgan fingerprint density at radius 1 is 1.27 bits per heavy atom. The molecule has 0 aliphatic carbocycles. The standard InChI is InChI=1S/C18H21N5O2S/c1-13-4-3-5-15(10-13)26(24,25)23-9-7-14(11-23)22(2)18-16-6-8-19-17(16)20-12-21-18/h3-6,8,10,12,14H,7,9,11H2,1-2H3,(H,19,20,21)/t14-/m1/s1. The third-order valence-electron chi connectivity index (χ3n) is 4.97. The summed E-state index contributed by atoms with van der Waals surface area (Å²) in [6, 6.07) is 9.08. The minimum absolute atomic E-state index is 0.0718. The zero-order valence-corrected chi connectivity index (χ0v) is 15.6. The molecule has 3 aromatic rings. The summed E-state index contributed by atoms with van der Waals surface area (Å²) in [4.78, 5) is 14.1. The topological polar surface area (TPSA) is 82.2 Å². The maximum atomic E-state index is 12.9. The van der Waals surface area contributed by atoms with Crippen LogP contribution in [-0.4, -0.2) is 53.9 Å². The van der Waals surface area contributed by atoms with Crippen molar-refractivity contribution in [2.75, 3.05) is 25.0 Å². The molecule has 3 heterocycles. The predicted molar refractivity (Wildman–Crippen MR) is 101 cm³/mol. The van der Waals surface area contributed by atoms with E-state index in [2.05, 4.69) is 19.9 Å². The van der Waals surface area contributed by atoms with E-state index in [-0.39, 0.29) is 6.04 Å². The molecule has 136 valence electrons. The molecule has 0 spiro atoms. The van der Waals surface area contributed by atoms with Crippen molar-refractivity contribution in [3.63, 3.8) is 0 Å². The molecule has 1 N–H and O–H groups in total. The zero-order valence-electron chi connectivity index (χ0n) is 14.8. The number of anilines is 1. The van der Waals surface area contributed by atoms with Crippen LogP contribution in [0.2, 0.25) is 0 Å². The number of sulfonamides is 1. The van der Waals surface area contributed by atoms with Crippen molar-refractivity contribution in [2.45, 2.75) is 24.3 Å². The van der Waals surface area contributed by atoms with Gasteiger partial charge in [0.05, 0.1) is 10.3 Å². The van der Waals surface area contributed by atoms with E-state index in [4.69, 9.17) is 0 Å². The van der Waals surface area contributed by atoms with Gasteiger partial charge in [-0.1, -0.05) is 12.1 Å². The molecule has 4 rings (SSSR count). The SMILES string of the molecule is Cc1cccc(S(=O)(=O)N2CC[C@@H](N(C)c3ncnc4[nH]ccc34)C2)c1. The van der Waals surface area contributed by atoms with Crippen LogP contribution in [0.25, 0.3) is 11.0 Å². The molecule has 7 nitrogen and oxygen atoms in total. The first-order valence-corrected chi connectivity index (χ1v) is 9.98. The highest BCUT2D eigenvalue weighted by Crippen LogP contribution is 2.28. The van der Waals surface area contributed by atoms with Gasteiger partial charge in [-0.3, -0.25) is 0 Å². The number of aryl methyl sites for hydroxylation is 1. The fourth-order valence-corrected chi connectivity index (χ4v) is 5.08. The molecule has 1 aliphatic heterocycles. The molecule has 1 aliphatic rings. The second-order valence-corrected chi connectivity index (χ2v) is 8.61. The van der Waals surface area contributed by atoms with Gasteiger partial charge in [-0.25, -0.2) is 18.4 Å². The van der Waals surface area contributed by atoms with E-state index in [1.807, 2.05) is 32.3 Å². The van der Waals surface area contributed by atoms with Gasteiger partial charge in [0, 0.05) is 32.4 Å². The van der Waals surface area contributed by atoms with Gasteiger partial charge in [0.25, 0.3) is 0 Å². The van der Waals surface area contributed by atoms with Gasteiger partial charge in [0.1, 0.15) is 17.8 Å². The Hall–Kier alpha value is -2.45. The summed E-state index contributed by atoms with van der Waals surface area (Å²) in [7, 11) is -1.51. The van der Waals surface area contributed by atoms with Crippen LogP contribution < -0.4 is 4.90 Å². The molecule has 0 saturated carbocycles. The maximum absolute atomic E-state index is 12.9. The number of aromatic nitrogens is 3. The Labute approximate surface area is 152 Å². The molecule has 8 heteroatoms. The van der Waals surface area contributed by atoms with Crippen LogP contribution >= 0.6 is 0 Å². The summed E-state index contributed by atoms with van der Waals surface area (Å²) in [5, 5.41) is 0.940.